The smallest absolute Gasteiger partial charge is 0.0723 e. The minimum Gasteiger partial charge on any atom is -0.353 e. The molecule has 3 heterocycles. The second-order valence-electron chi connectivity index (χ2n) is 6.01. The summed E-state index contributed by atoms with van der Waals surface area (Å²) < 4.78 is 0. The van der Waals surface area contributed by atoms with E-state index in [1.54, 1.807) is 0 Å². The number of rotatable bonds is 2. The summed E-state index contributed by atoms with van der Waals surface area (Å²) >= 11 is 0. The molecule has 5 aromatic rings. The fourth-order valence-electron chi connectivity index (χ4n) is 3.42. The van der Waals surface area contributed by atoms with Crippen molar-refractivity contribution in [3.05, 3.63) is 85.2 Å². The van der Waals surface area contributed by atoms with Crippen molar-refractivity contribution in [1.29, 1.82) is 0 Å². The van der Waals surface area contributed by atoms with E-state index in [4.69, 9.17) is 0 Å². The minimum atomic E-state index is 0.971. The summed E-state index contributed by atoms with van der Waals surface area (Å²) in [5, 5.41) is 2.41. The first-order valence-electron chi connectivity index (χ1n) is 8.28. The van der Waals surface area contributed by atoms with Crippen LogP contribution in [-0.4, -0.2) is 15.0 Å². The molecule has 0 aliphatic heterocycles. The maximum Gasteiger partial charge on any atom is 0.0723 e. The fraction of sp³-hybridized carbons (Fsp3) is 0. The molecule has 0 spiro atoms. The Morgan fingerprint density at radius 1 is 0.520 bits per heavy atom. The summed E-state index contributed by atoms with van der Waals surface area (Å²) in [6.07, 6.45) is 3.66. The summed E-state index contributed by atoms with van der Waals surface area (Å²) in [6, 6.07) is 24.7. The molecule has 0 aliphatic carbocycles. The predicted molar refractivity (Wildman–Crippen MR) is 102 cm³/mol. The molecular weight excluding hydrogens is 306 g/mol. The van der Waals surface area contributed by atoms with E-state index in [-0.39, 0.29) is 0 Å². The monoisotopic (exact) mass is 321 g/mol. The number of para-hydroxylation sites is 2. The van der Waals surface area contributed by atoms with Crippen molar-refractivity contribution < 1.29 is 0 Å². The number of fused-ring (bicyclic) bond motifs is 3. The molecule has 0 bridgehead atoms. The first kappa shape index (κ1) is 13.9. The molecule has 0 fully saturated rings. The van der Waals surface area contributed by atoms with Crippen LogP contribution < -0.4 is 0 Å². The number of nitrogens with zero attached hydrogens (tertiary/aromatic N) is 2. The third-order valence-corrected chi connectivity index (χ3v) is 4.55. The van der Waals surface area contributed by atoms with Gasteiger partial charge in [0.1, 0.15) is 0 Å². The third-order valence-electron chi connectivity index (χ3n) is 4.55. The lowest BCUT2D eigenvalue weighted by molar-refractivity contribution is 1.32. The van der Waals surface area contributed by atoms with E-state index in [1.165, 1.54) is 10.8 Å². The van der Waals surface area contributed by atoms with Crippen LogP contribution in [0.2, 0.25) is 0 Å². The van der Waals surface area contributed by atoms with Gasteiger partial charge >= 0.3 is 0 Å². The van der Waals surface area contributed by atoms with Crippen LogP contribution in [-0.2, 0) is 0 Å². The van der Waals surface area contributed by atoms with Gasteiger partial charge < -0.3 is 4.98 Å². The average Bonchev–Trinajstić information content (AvgIpc) is 3.08. The molecule has 3 heteroatoms. The van der Waals surface area contributed by atoms with Gasteiger partial charge in [0, 0.05) is 34.3 Å². The van der Waals surface area contributed by atoms with E-state index in [2.05, 4.69) is 51.4 Å². The van der Waals surface area contributed by atoms with E-state index >= 15 is 0 Å². The van der Waals surface area contributed by atoms with Crippen molar-refractivity contribution in [1.82, 2.24) is 15.0 Å². The molecule has 0 unspecified atom stereocenters. The van der Waals surface area contributed by atoms with Crippen molar-refractivity contribution in [2.45, 2.75) is 0 Å². The fourth-order valence-corrected chi connectivity index (χ4v) is 3.42. The second-order valence-corrected chi connectivity index (χ2v) is 6.01. The highest BCUT2D eigenvalue weighted by Gasteiger charge is 2.13. The van der Waals surface area contributed by atoms with Gasteiger partial charge in [0.2, 0.25) is 0 Å². The number of aromatic amines is 1. The van der Waals surface area contributed by atoms with Gasteiger partial charge in [-0.25, -0.2) is 0 Å². The van der Waals surface area contributed by atoms with Crippen LogP contribution in [0.15, 0.2) is 85.2 Å². The quantitative estimate of drug-likeness (QED) is 0.470. The van der Waals surface area contributed by atoms with Gasteiger partial charge in [-0.05, 0) is 24.3 Å². The zero-order valence-electron chi connectivity index (χ0n) is 13.5. The zero-order chi connectivity index (χ0) is 16.6. The lowest BCUT2D eigenvalue weighted by Crippen LogP contribution is -1.84. The molecular formula is C22H15N3. The van der Waals surface area contributed by atoms with E-state index < -0.39 is 0 Å². The molecule has 25 heavy (non-hydrogen) atoms. The molecule has 0 atom stereocenters. The first-order valence-corrected chi connectivity index (χ1v) is 8.28. The Labute approximate surface area is 145 Å². The van der Waals surface area contributed by atoms with E-state index in [0.717, 1.165) is 33.5 Å². The van der Waals surface area contributed by atoms with Crippen molar-refractivity contribution in [2.24, 2.45) is 0 Å². The SMILES string of the molecule is c1ccc(-c2cccc3c2[nH]c2c(-c4ccccn4)cccc23)nc1. The lowest BCUT2D eigenvalue weighted by atomic mass is 10.0. The summed E-state index contributed by atoms with van der Waals surface area (Å²) in [6.45, 7) is 0. The second kappa shape index (κ2) is 5.56. The van der Waals surface area contributed by atoms with Gasteiger partial charge in [-0.15, -0.1) is 0 Å². The number of aromatic nitrogens is 3. The average molecular weight is 321 g/mol. The Bertz CT molecular complexity index is 1080. The first-order chi connectivity index (χ1) is 12.4. The highest BCUT2D eigenvalue weighted by Crippen LogP contribution is 2.36. The molecule has 1 N–H and O–H groups in total. The number of H-pyrrole nitrogens is 1. The largest absolute Gasteiger partial charge is 0.353 e. The minimum absolute atomic E-state index is 0.971. The maximum atomic E-state index is 4.52. The van der Waals surface area contributed by atoms with Gasteiger partial charge in [-0.2, -0.15) is 0 Å². The maximum absolute atomic E-state index is 4.52. The Hall–Kier alpha value is -3.46. The van der Waals surface area contributed by atoms with Crippen molar-refractivity contribution in [2.75, 3.05) is 0 Å². The van der Waals surface area contributed by atoms with Crippen LogP contribution >= 0.6 is 0 Å². The molecule has 3 nitrogen and oxygen atoms in total. The molecule has 3 aromatic heterocycles. The molecule has 5 rings (SSSR count). The topological polar surface area (TPSA) is 41.6 Å². The van der Waals surface area contributed by atoms with Crippen LogP contribution in [0.5, 0.6) is 0 Å². The number of hydrogen-bond donors (Lipinski definition) is 1. The van der Waals surface area contributed by atoms with Crippen molar-refractivity contribution in [3.63, 3.8) is 0 Å². The van der Waals surface area contributed by atoms with Gasteiger partial charge in [0.15, 0.2) is 0 Å². The van der Waals surface area contributed by atoms with E-state index in [1.807, 2.05) is 48.8 Å². The number of nitrogens with one attached hydrogen (secondary N) is 1. The highest BCUT2D eigenvalue weighted by molar-refractivity contribution is 6.14. The lowest BCUT2D eigenvalue weighted by Gasteiger charge is -2.02. The van der Waals surface area contributed by atoms with Crippen molar-refractivity contribution in [3.8, 4) is 22.5 Å². The molecule has 0 amide bonds. The predicted octanol–water partition coefficient (Wildman–Crippen LogP) is 5.45. The van der Waals surface area contributed by atoms with Crippen LogP contribution in [0, 0.1) is 0 Å². The number of pyridine rings is 2. The van der Waals surface area contributed by atoms with Crippen molar-refractivity contribution >= 4 is 21.8 Å². The zero-order valence-corrected chi connectivity index (χ0v) is 13.5. The Morgan fingerprint density at radius 2 is 1.04 bits per heavy atom. The van der Waals surface area contributed by atoms with Crippen LogP contribution in [0.4, 0.5) is 0 Å². The number of hydrogen-bond acceptors (Lipinski definition) is 2. The number of benzene rings is 2. The van der Waals surface area contributed by atoms with E-state index in [9.17, 15) is 0 Å². The molecule has 118 valence electrons. The highest BCUT2D eigenvalue weighted by atomic mass is 14.7. The Morgan fingerprint density at radius 3 is 1.48 bits per heavy atom. The third kappa shape index (κ3) is 2.21. The van der Waals surface area contributed by atoms with E-state index in [0.29, 0.717) is 0 Å². The van der Waals surface area contributed by atoms with Gasteiger partial charge in [-0.3, -0.25) is 9.97 Å². The normalized spacial score (nSPS) is 11.2. The summed E-state index contributed by atoms with van der Waals surface area (Å²) in [5.74, 6) is 0. The Kier molecular flexibility index (Phi) is 3.10. The molecule has 0 radical (unpaired) electrons. The summed E-state index contributed by atoms with van der Waals surface area (Å²) in [7, 11) is 0. The van der Waals surface area contributed by atoms with Gasteiger partial charge in [-0.1, -0.05) is 48.5 Å². The van der Waals surface area contributed by atoms with Gasteiger partial charge in [0.25, 0.3) is 0 Å². The van der Waals surface area contributed by atoms with Crippen LogP contribution in [0.1, 0.15) is 0 Å². The summed E-state index contributed by atoms with van der Waals surface area (Å²) in [4.78, 5) is 12.7. The molecule has 0 saturated carbocycles. The van der Waals surface area contributed by atoms with Gasteiger partial charge in [0.05, 0.1) is 22.4 Å². The molecule has 0 aliphatic rings. The summed E-state index contributed by atoms with van der Waals surface area (Å²) in [5.41, 5.74) is 6.39. The van der Waals surface area contributed by atoms with Crippen LogP contribution in [0.25, 0.3) is 44.3 Å². The molecule has 0 saturated heterocycles. The standard InChI is InChI=1S/C22H15N3/c1-3-13-23-19(11-1)17-9-5-7-15-16-8-6-10-18(22(16)25-21(15)17)20-12-2-4-14-24-20/h1-14,25H. The Balaban J connectivity index is 1.85. The van der Waals surface area contributed by atoms with Crippen LogP contribution in [0.3, 0.4) is 0 Å². The molecule has 2 aromatic carbocycles.